The molecule has 44 heavy (non-hydrogen) atoms. The molecule has 1 fully saturated rings. The minimum atomic E-state index is -4.71. The molecule has 0 unspecified atom stereocenters. The van der Waals surface area contributed by atoms with Gasteiger partial charge in [-0.05, 0) is 51.1 Å². The van der Waals surface area contributed by atoms with Gasteiger partial charge in [0.15, 0.2) is 5.69 Å². The van der Waals surface area contributed by atoms with Crippen LogP contribution in [0.1, 0.15) is 25.1 Å². The summed E-state index contributed by atoms with van der Waals surface area (Å²) in [7, 11) is -4.36. The van der Waals surface area contributed by atoms with E-state index in [0.29, 0.717) is 5.56 Å². The molecular weight excluding hydrogens is 613 g/mol. The van der Waals surface area contributed by atoms with Crippen molar-refractivity contribution in [1.82, 2.24) is 19.5 Å². The molecule has 0 radical (unpaired) electrons. The third-order valence-corrected chi connectivity index (χ3v) is 7.50. The van der Waals surface area contributed by atoms with E-state index in [2.05, 4.69) is 20.0 Å². The summed E-state index contributed by atoms with van der Waals surface area (Å²) in [6.45, 7) is 3.97. The number of nitrogens with zero attached hydrogens (tertiary/aromatic N) is 5. The van der Waals surface area contributed by atoms with Crippen molar-refractivity contribution in [2.24, 2.45) is 11.2 Å². The Hall–Kier alpha value is -4.87. The summed E-state index contributed by atoms with van der Waals surface area (Å²) in [6, 6.07) is 12.4. The van der Waals surface area contributed by atoms with Crippen LogP contribution in [0.2, 0.25) is 0 Å². The van der Waals surface area contributed by atoms with Crippen LogP contribution in [-0.4, -0.2) is 66.2 Å². The van der Waals surface area contributed by atoms with Gasteiger partial charge in [-0.1, -0.05) is 29.8 Å². The number of nitrogens with one attached hydrogen (secondary N) is 1. The summed E-state index contributed by atoms with van der Waals surface area (Å²) in [5.74, 6) is -1.77. The van der Waals surface area contributed by atoms with Crippen LogP contribution in [0.25, 0.3) is 16.9 Å². The molecule has 0 saturated carbocycles. The van der Waals surface area contributed by atoms with E-state index in [1.54, 1.807) is 38.1 Å². The molecule has 1 N–H and O–H groups in total. The van der Waals surface area contributed by atoms with Gasteiger partial charge in [-0.25, -0.2) is 22.6 Å². The van der Waals surface area contributed by atoms with Crippen molar-refractivity contribution < 1.29 is 50.5 Å². The predicted molar refractivity (Wildman–Crippen MR) is 144 cm³/mol. The van der Waals surface area contributed by atoms with Gasteiger partial charge in [0.2, 0.25) is 11.2 Å². The Kier molecular flexibility index (Phi) is 9.31. The van der Waals surface area contributed by atoms with Crippen LogP contribution in [0.4, 0.5) is 18.0 Å². The van der Waals surface area contributed by atoms with Gasteiger partial charge in [0, 0.05) is 5.56 Å². The third kappa shape index (κ3) is 7.74. The lowest BCUT2D eigenvalue weighted by Gasteiger charge is -2.32. The third-order valence-electron chi connectivity index (χ3n) is 6.14. The molecule has 4 rings (SSSR count). The maximum absolute atomic E-state index is 13.5. The first-order valence-corrected chi connectivity index (χ1v) is 14.4. The Labute approximate surface area is 249 Å². The van der Waals surface area contributed by atoms with Crippen molar-refractivity contribution in [3.63, 3.8) is 0 Å². The van der Waals surface area contributed by atoms with Crippen molar-refractivity contribution in [2.45, 2.75) is 37.9 Å². The van der Waals surface area contributed by atoms with E-state index in [0.717, 1.165) is 33.5 Å². The number of carbonyl (C=O) groups is 2. The van der Waals surface area contributed by atoms with E-state index in [9.17, 15) is 36.4 Å². The molecule has 2 aromatic carbocycles. The quantitative estimate of drug-likeness (QED) is 0.0856. The smallest absolute Gasteiger partial charge is 0.511 e. The zero-order valence-electron chi connectivity index (χ0n) is 23.5. The van der Waals surface area contributed by atoms with Crippen molar-refractivity contribution in [3.05, 3.63) is 71.1 Å². The second kappa shape index (κ2) is 12.8. The van der Waals surface area contributed by atoms with Gasteiger partial charge in [0.25, 0.3) is 16.8 Å². The van der Waals surface area contributed by atoms with Gasteiger partial charge in [0.05, 0.1) is 46.4 Å². The summed E-state index contributed by atoms with van der Waals surface area (Å²) < 4.78 is 78.2. The highest BCUT2D eigenvalue weighted by molar-refractivity contribution is 7.90. The molecule has 236 valence electrons. The Morgan fingerprint density at radius 1 is 1.14 bits per heavy atom. The first-order valence-electron chi connectivity index (χ1n) is 12.9. The zero-order valence-corrected chi connectivity index (χ0v) is 24.3. The standard InChI is InChI=1S/C26H27F3N6O8S/c1-16(2)43-25(37)41-15-42-32-35(38)33-13-19(14-33)24(36)31-44(39,40)21-10-8-20(9-11-21)34-22(12-23(30-34)26(27,28)29)18-6-4-17(3)5-7-18/h4-12,16,19H,13-15H2,1-3H3,(H,31,36)/b35-32+. The second-order valence-corrected chi connectivity index (χ2v) is 11.5. The number of aryl methyl sites for hydroxylation is 1. The second-order valence-electron chi connectivity index (χ2n) is 9.86. The number of halogens is 3. The van der Waals surface area contributed by atoms with Gasteiger partial charge >= 0.3 is 12.3 Å². The molecule has 0 atom stereocenters. The molecule has 1 aliphatic rings. The van der Waals surface area contributed by atoms with Crippen molar-refractivity contribution in [2.75, 3.05) is 19.9 Å². The maximum atomic E-state index is 13.5. The first-order chi connectivity index (χ1) is 20.6. The van der Waals surface area contributed by atoms with Gasteiger partial charge in [-0.15, -0.1) is 5.01 Å². The van der Waals surface area contributed by atoms with E-state index < -0.39 is 52.8 Å². The van der Waals surface area contributed by atoms with Crippen molar-refractivity contribution in [1.29, 1.82) is 0 Å². The number of alkyl halides is 3. The van der Waals surface area contributed by atoms with Crippen LogP contribution in [0.15, 0.2) is 64.8 Å². The fourth-order valence-corrected chi connectivity index (χ4v) is 4.92. The summed E-state index contributed by atoms with van der Waals surface area (Å²) in [5, 5.41) is 19.8. The number of hydrazine groups is 1. The van der Waals surface area contributed by atoms with Gasteiger partial charge in [-0.2, -0.15) is 18.3 Å². The van der Waals surface area contributed by atoms with Crippen LogP contribution in [0.5, 0.6) is 0 Å². The maximum Gasteiger partial charge on any atom is 0.511 e. The number of ether oxygens (including phenoxy) is 2. The Morgan fingerprint density at radius 3 is 2.36 bits per heavy atom. The molecule has 14 nitrogen and oxygen atoms in total. The number of sulfonamides is 1. The summed E-state index contributed by atoms with van der Waals surface area (Å²) >= 11 is 0. The van der Waals surface area contributed by atoms with Crippen molar-refractivity contribution in [3.8, 4) is 16.9 Å². The number of benzene rings is 2. The molecule has 1 saturated heterocycles. The number of hydrogen-bond donors (Lipinski definition) is 1. The molecule has 0 spiro atoms. The topological polar surface area (TPSA) is 167 Å². The summed E-state index contributed by atoms with van der Waals surface area (Å²) in [4.78, 5) is 28.0. The monoisotopic (exact) mass is 640 g/mol. The highest BCUT2D eigenvalue weighted by atomic mass is 32.2. The van der Waals surface area contributed by atoms with E-state index in [1.165, 1.54) is 12.1 Å². The average Bonchev–Trinajstić information content (AvgIpc) is 3.36. The van der Waals surface area contributed by atoms with Crippen LogP contribution in [0.3, 0.4) is 0 Å². The lowest BCUT2D eigenvalue weighted by Crippen LogP contribution is -2.56. The highest BCUT2D eigenvalue weighted by Gasteiger charge is 2.40. The van der Waals surface area contributed by atoms with E-state index in [4.69, 9.17) is 4.74 Å². The summed E-state index contributed by atoms with van der Waals surface area (Å²) in [6.07, 6.45) is -6.15. The minimum Gasteiger partial charge on any atom is -0.569 e. The van der Waals surface area contributed by atoms with Crippen molar-refractivity contribution >= 4 is 22.1 Å². The van der Waals surface area contributed by atoms with Crippen LogP contribution < -0.4 is 4.72 Å². The predicted octanol–water partition coefficient (Wildman–Crippen LogP) is 3.93. The van der Waals surface area contributed by atoms with Crippen LogP contribution in [-0.2, 0) is 35.3 Å². The van der Waals surface area contributed by atoms with E-state index in [1.807, 2.05) is 11.6 Å². The Bertz CT molecular complexity index is 1640. The number of carbonyl (C=O) groups excluding carboxylic acids is 2. The average molecular weight is 641 g/mol. The molecular formula is C26H27F3N6O8S. The van der Waals surface area contributed by atoms with Gasteiger partial charge < -0.3 is 19.5 Å². The molecule has 0 bridgehead atoms. The molecule has 0 aliphatic carbocycles. The molecule has 1 aromatic heterocycles. The highest BCUT2D eigenvalue weighted by Crippen LogP contribution is 2.33. The molecule has 1 aliphatic heterocycles. The lowest BCUT2D eigenvalue weighted by molar-refractivity contribution is -0.726. The first kappa shape index (κ1) is 32.1. The summed E-state index contributed by atoms with van der Waals surface area (Å²) in [5.41, 5.74) is 0.542. The fraction of sp³-hybridized carbons (Fsp3) is 0.346. The number of amides is 1. The number of rotatable bonds is 10. The minimum absolute atomic E-state index is 0.0124. The van der Waals surface area contributed by atoms with Gasteiger partial charge in [0.1, 0.15) is 0 Å². The fourth-order valence-electron chi connectivity index (χ4n) is 3.87. The Morgan fingerprint density at radius 2 is 1.77 bits per heavy atom. The number of aromatic nitrogens is 2. The molecule has 2 heterocycles. The zero-order chi connectivity index (χ0) is 32.2. The van der Waals surface area contributed by atoms with E-state index >= 15 is 0 Å². The van der Waals surface area contributed by atoms with Gasteiger partial charge in [-0.3, -0.25) is 4.79 Å². The lowest BCUT2D eigenvalue weighted by atomic mass is 10.0. The Balaban J connectivity index is 1.37. The molecule has 1 amide bonds. The normalized spacial score (nSPS) is 14.2. The molecule has 3 aromatic rings. The van der Waals surface area contributed by atoms with E-state index in [-0.39, 0.29) is 34.3 Å². The van der Waals surface area contributed by atoms with Crippen LogP contribution in [0, 0.1) is 18.0 Å². The van der Waals surface area contributed by atoms with Crippen LogP contribution >= 0.6 is 0 Å². The SMILES string of the molecule is Cc1ccc(-c2cc(C(F)(F)F)nn2-c2ccc(S(=O)(=O)NC(=O)C3CN(/[N+]([O-])=N\OCOC(=O)OC(C)C)C3)cc2)cc1. The number of hydrogen-bond acceptors (Lipinski definition) is 10. The molecule has 18 heteroatoms. The largest absolute Gasteiger partial charge is 0.569 e.